The van der Waals surface area contributed by atoms with Gasteiger partial charge in [0, 0.05) is 17.4 Å². The lowest BCUT2D eigenvalue weighted by molar-refractivity contribution is 0.102. The van der Waals surface area contributed by atoms with E-state index in [4.69, 9.17) is 11.6 Å². The van der Waals surface area contributed by atoms with Crippen molar-refractivity contribution in [1.82, 2.24) is 9.78 Å². The number of hydrogen-bond acceptors (Lipinski definition) is 3. The second-order valence-corrected chi connectivity index (χ2v) is 5.78. The van der Waals surface area contributed by atoms with Crippen LogP contribution in [0.3, 0.4) is 0 Å². The zero-order valence-electron chi connectivity index (χ0n) is 13.0. The number of benzene rings is 2. The summed E-state index contributed by atoms with van der Waals surface area (Å²) in [5.41, 5.74) is 3.11. The van der Waals surface area contributed by atoms with Crippen LogP contribution >= 0.6 is 11.6 Å². The number of hydrogen-bond donors (Lipinski definition) is 2. The molecule has 0 unspecified atom stereocenters. The summed E-state index contributed by atoms with van der Waals surface area (Å²) in [7, 11) is 0. The molecule has 24 heavy (non-hydrogen) atoms. The summed E-state index contributed by atoms with van der Waals surface area (Å²) in [4.78, 5) is 12.5. The number of aliphatic hydroxyl groups excluding tert-OH is 1. The Morgan fingerprint density at radius 3 is 2.79 bits per heavy atom. The number of nitrogens with zero attached hydrogens (tertiary/aromatic N) is 2. The maximum absolute atomic E-state index is 12.5. The molecule has 0 bridgehead atoms. The van der Waals surface area contributed by atoms with Gasteiger partial charge in [-0.05, 0) is 36.8 Å². The van der Waals surface area contributed by atoms with Crippen molar-refractivity contribution in [2.75, 3.05) is 5.32 Å². The molecule has 6 heteroatoms. The monoisotopic (exact) mass is 341 g/mol. The van der Waals surface area contributed by atoms with E-state index in [0.717, 1.165) is 11.1 Å². The summed E-state index contributed by atoms with van der Waals surface area (Å²) in [6.45, 7) is 1.74. The van der Waals surface area contributed by atoms with Gasteiger partial charge >= 0.3 is 0 Å². The third-order valence-electron chi connectivity index (χ3n) is 3.58. The quantitative estimate of drug-likeness (QED) is 0.762. The smallest absolute Gasteiger partial charge is 0.276 e. The lowest BCUT2D eigenvalue weighted by Crippen LogP contribution is -2.14. The van der Waals surface area contributed by atoms with Gasteiger partial charge in [-0.15, -0.1) is 0 Å². The number of aromatic nitrogens is 2. The predicted molar refractivity (Wildman–Crippen MR) is 93.6 cm³/mol. The first kappa shape index (κ1) is 16.2. The minimum atomic E-state index is -0.312. The first-order valence-electron chi connectivity index (χ1n) is 7.41. The number of rotatable bonds is 4. The van der Waals surface area contributed by atoms with Crippen molar-refractivity contribution in [3.05, 3.63) is 76.6 Å². The number of halogens is 1. The van der Waals surface area contributed by atoms with E-state index in [0.29, 0.717) is 22.1 Å². The van der Waals surface area contributed by atoms with E-state index in [2.05, 4.69) is 10.4 Å². The molecule has 2 aromatic carbocycles. The summed E-state index contributed by atoms with van der Waals surface area (Å²) in [6.07, 6.45) is 1.76. The molecule has 2 N–H and O–H groups in total. The van der Waals surface area contributed by atoms with E-state index in [1.165, 1.54) is 0 Å². The topological polar surface area (TPSA) is 67.2 Å². The van der Waals surface area contributed by atoms with Crippen LogP contribution in [0.25, 0.3) is 5.69 Å². The number of aryl methyl sites for hydroxylation is 1. The van der Waals surface area contributed by atoms with Crippen LogP contribution in [-0.2, 0) is 6.61 Å². The van der Waals surface area contributed by atoms with Crippen LogP contribution in [-0.4, -0.2) is 20.8 Å². The maximum Gasteiger partial charge on any atom is 0.276 e. The summed E-state index contributed by atoms with van der Waals surface area (Å²) in [6, 6.07) is 14.3. The highest BCUT2D eigenvalue weighted by Crippen LogP contribution is 2.21. The first-order valence-corrected chi connectivity index (χ1v) is 7.78. The fourth-order valence-corrected chi connectivity index (χ4v) is 2.61. The molecule has 3 aromatic rings. The van der Waals surface area contributed by atoms with E-state index >= 15 is 0 Å². The number of amides is 1. The molecule has 1 aromatic heterocycles. The Labute approximate surface area is 144 Å². The fraction of sp³-hybridized carbons (Fsp3) is 0.111. The number of anilines is 1. The molecule has 3 rings (SSSR count). The third kappa shape index (κ3) is 3.32. The summed E-state index contributed by atoms with van der Waals surface area (Å²) in [5.74, 6) is -0.312. The highest BCUT2D eigenvalue weighted by atomic mass is 35.5. The molecular weight excluding hydrogens is 326 g/mol. The van der Waals surface area contributed by atoms with Gasteiger partial charge < -0.3 is 10.4 Å². The Bertz CT molecular complexity index is 889. The molecule has 0 spiro atoms. The maximum atomic E-state index is 12.5. The summed E-state index contributed by atoms with van der Waals surface area (Å²) < 4.78 is 1.59. The van der Waals surface area contributed by atoms with Gasteiger partial charge in [-0.1, -0.05) is 35.9 Å². The number of aliphatic hydroxyl groups is 1. The Morgan fingerprint density at radius 1 is 1.25 bits per heavy atom. The van der Waals surface area contributed by atoms with Crippen LogP contribution in [0, 0.1) is 6.92 Å². The summed E-state index contributed by atoms with van der Waals surface area (Å²) in [5, 5.41) is 16.9. The molecule has 0 aliphatic rings. The Morgan fingerprint density at radius 2 is 2.04 bits per heavy atom. The van der Waals surface area contributed by atoms with E-state index in [9.17, 15) is 9.90 Å². The molecule has 0 radical (unpaired) electrons. The van der Waals surface area contributed by atoms with Crippen LogP contribution < -0.4 is 5.32 Å². The molecule has 0 saturated heterocycles. The Kier molecular flexibility index (Phi) is 4.64. The fourth-order valence-electron chi connectivity index (χ4n) is 2.38. The molecule has 1 heterocycles. The van der Waals surface area contributed by atoms with E-state index in [-0.39, 0.29) is 12.5 Å². The van der Waals surface area contributed by atoms with Gasteiger partial charge in [0.05, 0.1) is 17.3 Å². The number of carbonyl (C=O) groups excluding carboxylic acids is 1. The first-order chi connectivity index (χ1) is 11.6. The largest absolute Gasteiger partial charge is 0.392 e. The van der Waals surface area contributed by atoms with E-state index < -0.39 is 0 Å². The lowest BCUT2D eigenvalue weighted by Gasteiger charge is -2.06. The molecule has 0 aliphatic heterocycles. The molecule has 122 valence electrons. The minimum absolute atomic E-state index is 0.0795. The lowest BCUT2D eigenvalue weighted by atomic mass is 10.2. The highest BCUT2D eigenvalue weighted by Gasteiger charge is 2.16. The zero-order valence-corrected chi connectivity index (χ0v) is 13.8. The van der Waals surface area contributed by atoms with Crippen LogP contribution in [0.4, 0.5) is 5.69 Å². The predicted octanol–water partition coefficient (Wildman–Crippen LogP) is 3.58. The van der Waals surface area contributed by atoms with Crippen molar-refractivity contribution in [3.63, 3.8) is 0 Å². The van der Waals surface area contributed by atoms with Crippen LogP contribution in [0.5, 0.6) is 0 Å². The highest BCUT2D eigenvalue weighted by molar-refractivity contribution is 6.32. The Hall–Kier alpha value is -2.63. The molecular formula is C18H16ClN3O2. The van der Waals surface area contributed by atoms with Gasteiger partial charge in [0.1, 0.15) is 0 Å². The average Bonchev–Trinajstić information content (AvgIpc) is 2.97. The molecule has 1 amide bonds. The van der Waals surface area contributed by atoms with Gasteiger partial charge in [-0.3, -0.25) is 4.79 Å². The second-order valence-electron chi connectivity index (χ2n) is 5.37. The van der Waals surface area contributed by atoms with E-state index in [1.54, 1.807) is 41.2 Å². The zero-order chi connectivity index (χ0) is 17.1. The van der Waals surface area contributed by atoms with Crippen molar-refractivity contribution in [3.8, 4) is 5.69 Å². The standard InChI is InChI=1S/C18H16ClN3O2/c1-12-10-22(16-8-3-2-7-15(16)19)21-17(12)18(24)20-14-6-4-5-13(9-14)11-23/h2-10,23H,11H2,1H3,(H,20,24). The van der Waals surface area contributed by atoms with Crippen LogP contribution in [0.2, 0.25) is 5.02 Å². The van der Waals surface area contributed by atoms with Crippen molar-refractivity contribution >= 4 is 23.2 Å². The van der Waals surface area contributed by atoms with Gasteiger partial charge in [-0.2, -0.15) is 5.10 Å². The third-order valence-corrected chi connectivity index (χ3v) is 3.90. The van der Waals surface area contributed by atoms with E-state index in [1.807, 2.05) is 25.1 Å². The Balaban J connectivity index is 1.87. The van der Waals surface area contributed by atoms with Crippen LogP contribution in [0.15, 0.2) is 54.7 Å². The molecule has 5 nitrogen and oxygen atoms in total. The minimum Gasteiger partial charge on any atom is -0.392 e. The van der Waals surface area contributed by atoms with Gasteiger partial charge in [0.15, 0.2) is 5.69 Å². The number of nitrogens with one attached hydrogen (secondary N) is 1. The average molecular weight is 342 g/mol. The van der Waals surface area contributed by atoms with Gasteiger partial charge in [0.25, 0.3) is 5.91 Å². The molecule has 0 fully saturated rings. The van der Waals surface area contributed by atoms with Crippen molar-refractivity contribution in [2.24, 2.45) is 0 Å². The van der Waals surface area contributed by atoms with Crippen molar-refractivity contribution in [1.29, 1.82) is 0 Å². The second kappa shape index (κ2) is 6.86. The molecule has 0 atom stereocenters. The van der Waals surface area contributed by atoms with Gasteiger partial charge in [0.2, 0.25) is 0 Å². The van der Waals surface area contributed by atoms with Crippen molar-refractivity contribution in [2.45, 2.75) is 13.5 Å². The number of carbonyl (C=O) groups is 1. The molecule has 0 saturated carbocycles. The molecule has 0 aliphatic carbocycles. The SMILES string of the molecule is Cc1cn(-c2ccccc2Cl)nc1C(=O)Nc1cccc(CO)c1. The van der Waals surface area contributed by atoms with Gasteiger partial charge in [-0.25, -0.2) is 4.68 Å². The van der Waals surface area contributed by atoms with Crippen molar-refractivity contribution < 1.29 is 9.90 Å². The van der Waals surface area contributed by atoms with Crippen LogP contribution in [0.1, 0.15) is 21.6 Å². The number of para-hydroxylation sites is 1. The normalized spacial score (nSPS) is 10.6. The summed E-state index contributed by atoms with van der Waals surface area (Å²) >= 11 is 6.18.